The number of benzene rings is 1. The quantitative estimate of drug-likeness (QED) is 0.836. The van der Waals surface area contributed by atoms with Crippen LogP contribution in [0.15, 0.2) is 33.7 Å². The summed E-state index contributed by atoms with van der Waals surface area (Å²) in [6.45, 7) is 5.62. The molecule has 1 aliphatic heterocycles. The Morgan fingerprint density at radius 3 is 2.42 bits per heavy atom. The number of aromatic nitrogens is 1. The van der Waals surface area contributed by atoms with Gasteiger partial charge in [-0.05, 0) is 31.5 Å². The van der Waals surface area contributed by atoms with Gasteiger partial charge < -0.3 is 14.2 Å². The molecule has 0 amide bonds. The maximum absolute atomic E-state index is 13.0. The molecule has 0 atom stereocenters. The van der Waals surface area contributed by atoms with E-state index < -0.39 is 10.0 Å². The number of methoxy groups -OCH3 is 1. The van der Waals surface area contributed by atoms with Gasteiger partial charge in [-0.1, -0.05) is 11.2 Å². The zero-order valence-corrected chi connectivity index (χ0v) is 14.8. The van der Waals surface area contributed by atoms with Crippen molar-refractivity contribution in [3.05, 3.63) is 35.6 Å². The summed E-state index contributed by atoms with van der Waals surface area (Å²) in [4.78, 5) is 2.24. The summed E-state index contributed by atoms with van der Waals surface area (Å²) in [6.07, 6.45) is 0. The number of hydrogen-bond acceptors (Lipinski definition) is 6. The molecule has 1 aromatic carbocycles. The van der Waals surface area contributed by atoms with E-state index in [0.717, 1.165) is 17.1 Å². The highest BCUT2D eigenvalue weighted by molar-refractivity contribution is 7.89. The van der Waals surface area contributed by atoms with E-state index in [1.54, 1.807) is 12.1 Å². The molecule has 0 saturated carbocycles. The number of piperazine rings is 1. The van der Waals surface area contributed by atoms with Gasteiger partial charge >= 0.3 is 0 Å². The molecule has 0 aliphatic carbocycles. The van der Waals surface area contributed by atoms with Crippen LogP contribution in [0.2, 0.25) is 0 Å². The van der Waals surface area contributed by atoms with Crippen LogP contribution in [0.4, 0.5) is 5.82 Å². The number of nitrogens with zero attached hydrogens (tertiary/aromatic N) is 3. The van der Waals surface area contributed by atoms with Crippen LogP contribution in [-0.4, -0.2) is 51.2 Å². The molecule has 7 nitrogen and oxygen atoms in total. The first-order valence-corrected chi connectivity index (χ1v) is 9.19. The smallest absolute Gasteiger partial charge is 0.246 e. The molecule has 1 aliphatic rings. The first kappa shape index (κ1) is 16.8. The molecular formula is C16H21N3O4S. The fourth-order valence-electron chi connectivity index (χ4n) is 2.78. The molecule has 1 saturated heterocycles. The van der Waals surface area contributed by atoms with Gasteiger partial charge in [0.2, 0.25) is 10.0 Å². The van der Waals surface area contributed by atoms with E-state index in [0.29, 0.717) is 31.9 Å². The van der Waals surface area contributed by atoms with Crippen LogP contribution in [0.5, 0.6) is 5.75 Å². The lowest BCUT2D eigenvalue weighted by molar-refractivity contribution is 0.366. The minimum atomic E-state index is -3.59. The maximum atomic E-state index is 13.0. The van der Waals surface area contributed by atoms with Crippen molar-refractivity contribution in [2.45, 2.75) is 18.7 Å². The number of ether oxygens (including phenoxy) is 1. The van der Waals surface area contributed by atoms with Gasteiger partial charge in [0, 0.05) is 32.2 Å². The number of aryl methyl sites for hydroxylation is 2. The molecule has 0 radical (unpaired) electrons. The molecule has 2 aromatic rings. The molecule has 1 aromatic heterocycles. The summed E-state index contributed by atoms with van der Waals surface area (Å²) in [5, 5.41) is 3.99. The Kier molecular flexibility index (Phi) is 4.51. The second-order valence-electron chi connectivity index (χ2n) is 5.84. The second-order valence-corrected chi connectivity index (χ2v) is 7.75. The lowest BCUT2D eigenvalue weighted by Gasteiger charge is -2.34. The van der Waals surface area contributed by atoms with Crippen molar-refractivity contribution in [1.29, 1.82) is 0 Å². The monoisotopic (exact) mass is 351 g/mol. The van der Waals surface area contributed by atoms with Crippen molar-refractivity contribution in [3.8, 4) is 5.75 Å². The van der Waals surface area contributed by atoms with Gasteiger partial charge in [-0.2, -0.15) is 4.31 Å². The van der Waals surface area contributed by atoms with Crippen LogP contribution in [0.1, 0.15) is 11.3 Å². The standard InChI is InChI=1S/C16H21N3O4S/c1-12-4-5-14(22-3)15(10-12)24(20,21)19-8-6-18(7-9-19)16-11-13(2)23-17-16/h4-5,10-11H,6-9H2,1-3H3. The Morgan fingerprint density at radius 2 is 1.83 bits per heavy atom. The van der Waals surface area contributed by atoms with Crippen LogP contribution in [0.3, 0.4) is 0 Å². The molecule has 3 rings (SSSR count). The van der Waals surface area contributed by atoms with Gasteiger partial charge in [0.15, 0.2) is 5.82 Å². The van der Waals surface area contributed by atoms with Gasteiger partial charge in [0.05, 0.1) is 7.11 Å². The van der Waals surface area contributed by atoms with Crippen molar-refractivity contribution in [3.63, 3.8) is 0 Å². The topological polar surface area (TPSA) is 75.9 Å². The van der Waals surface area contributed by atoms with E-state index in [-0.39, 0.29) is 4.90 Å². The van der Waals surface area contributed by atoms with E-state index in [2.05, 4.69) is 5.16 Å². The highest BCUT2D eigenvalue weighted by atomic mass is 32.2. The third-order valence-electron chi connectivity index (χ3n) is 4.12. The van der Waals surface area contributed by atoms with E-state index in [1.165, 1.54) is 11.4 Å². The number of hydrogen-bond donors (Lipinski definition) is 0. The van der Waals surface area contributed by atoms with Crippen molar-refractivity contribution in [2.24, 2.45) is 0 Å². The summed E-state index contributed by atoms with van der Waals surface area (Å²) >= 11 is 0. The number of anilines is 1. The lowest BCUT2D eigenvalue weighted by atomic mass is 10.2. The average molecular weight is 351 g/mol. The summed E-state index contributed by atoms with van der Waals surface area (Å²) in [5.74, 6) is 1.86. The molecule has 2 heterocycles. The third-order valence-corrected chi connectivity index (χ3v) is 6.03. The van der Waals surface area contributed by atoms with E-state index in [4.69, 9.17) is 9.26 Å². The van der Waals surface area contributed by atoms with E-state index in [1.807, 2.05) is 30.9 Å². The Labute approximate surface area is 141 Å². The zero-order chi connectivity index (χ0) is 17.3. The third kappa shape index (κ3) is 3.11. The highest BCUT2D eigenvalue weighted by Gasteiger charge is 2.31. The summed E-state index contributed by atoms with van der Waals surface area (Å²) in [5.41, 5.74) is 0.881. The molecule has 1 fully saturated rings. The normalized spacial score (nSPS) is 16.4. The molecule has 0 unspecified atom stereocenters. The van der Waals surface area contributed by atoms with E-state index in [9.17, 15) is 8.42 Å². The number of rotatable bonds is 4. The molecule has 0 N–H and O–H groups in total. The molecule has 0 spiro atoms. The lowest BCUT2D eigenvalue weighted by Crippen LogP contribution is -2.48. The Morgan fingerprint density at radius 1 is 1.12 bits per heavy atom. The first-order valence-electron chi connectivity index (χ1n) is 7.75. The molecule has 130 valence electrons. The SMILES string of the molecule is COc1ccc(C)cc1S(=O)(=O)N1CCN(c2cc(C)on2)CC1. The van der Waals surface area contributed by atoms with Crippen LogP contribution in [0.25, 0.3) is 0 Å². The van der Waals surface area contributed by atoms with Gasteiger partial charge in [-0.25, -0.2) is 8.42 Å². The number of sulfonamides is 1. The summed E-state index contributed by atoms with van der Waals surface area (Å²) in [7, 11) is -2.11. The molecule has 0 bridgehead atoms. The van der Waals surface area contributed by atoms with Gasteiger partial charge in [-0.15, -0.1) is 0 Å². The second kappa shape index (κ2) is 6.45. The predicted octanol–water partition coefficient (Wildman–Crippen LogP) is 1.81. The fraction of sp³-hybridized carbons (Fsp3) is 0.438. The minimum absolute atomic E-state index is 0.218. The van der Waals surface area contributed by atoms with Crippen LogP contribution < -0.4 is 9.64 Å². The summed E-state index contributed by atoms with van der Waals surface area (Å²) in [6, 6.07) is 7.04. The zero-order valence-electron chi connectivity index (χ0n) is 14.0. The Balaban J connectivity index is 1.79. The van der Waals surface area contributed by atoms with Crippen LogP contribution in [0, 0.1) is 13.8 Å². The van der Waals surface area contributed by atoms with E-state index >= 15 is 0 Å². The van der Waals surface area contributed by atoms with Gasteiger partial charge in [-0.3, -0.25) is 0 Å². The van der Waals surface area contributed by atoms with Crippen LogP contribution in [-0.2, 0) is 10.0 Å². The molecule has 24 heavy (non-hydrogen) atoms. The molecular weight excluding hydrogens is 330 g/mol. The van der Waals surface area contributed by atoms with Gasteiger partial charge in [0.25, 0.3) is 0 Å². The van der Waals surface area contributed by atoms with Crippen molar-refractivity contribution in [1.82, 2.24) is 9.46 Å². The maximum Gasteiger partial charge on any atom is 0.246 e. The van der Waals surface area contributed by atoms with Gasteiger partial charge in [0.1, 0.15) is 16.4 Å². The van der Waals surface area contributed by atoms with Crippen molar-refractivity contribution < 1.29 is 17.7 Å². The minimum Gasteiger partial charge on any atom is -0.495 e. The highest BCUT2D eigenvalue weighted by Crippen LogP contribution is 2.28. The Bertz CT molecular complexity index is 824. The predicted molar refractivity (Wildman–Crippen MR) is 89.9 cm³/mol. The molecule has 8 heteroatoms. The Hall–Kier alpha value is -2.06. The first-order chi connectivity index (χ1) is 11.4. The van der Waals surface area contributed by atoms with Crippen molar-refractivity contribution >= 4 is 15.8 Å². The summed E-state index contributed by atoms with van der Waals surface area (Å²) < 4.78 is 37.7. The largest absolute Gasteiger partial charge is 0.495 e. The fourth-order valence-corrected chi connectivity index (χ4v) is 4.45. The van der Waals surface area contributed by atoms with Crippen molar-refractivity contribution in [2.75, 3.05) is 38.2 Å². The van der Waals surface area contributed by atoms with Crippen LogP contribution >= 0.6 is 0 Å². The average Bonchev–Trinajstić information content (AvgIpc) is 3.01.